The number of rotatable bonds is 3. The van der Waals surface area contributed by atoms with Crippen molar-refractivity contribution in [2.24, 2.45) is 5.92 Å². The molecule has 1 fully saturated rings. The Kier molecular flexibility index (Phi) is 2.93. The molecule has 0 unspecified atom stereocenters. The van der Waals surface area contributed by atoms with Crippen molar-refractivity contribution >= 4 is 5.78 Å². The molecule has 0 amide bonds. The van der Waals surface area contributed by atoms with E-state index in [0.717, 1.165) is 26.1 Å². The zero-order chi connectivity index (χ0) is 9.80. The predicted molar refractivity (Wildman–Crippen MR) is 51.1 cm³/mol. The summed E-state index contributed by atoms with van der Waals surface area (Å²) in [4.78, 5) is 18.3. The van der Waals surface area contributed by atoms with Gasteiger partial charge in [-0.2, -0.15) is 0 Å². The summed E-state index contributed by atoms with van der Waals surface area (Å²) in [5, 5.41) is 0. The summed E-state index contributed by atoms with van der Waals surface area (Å²) in [6.07, 6.45) is 5.74. The van der Waals surface area contributed by atoms with Gasteiger partial charge in [0.2, 0.25) is 0 Å². The van der Waals surface area contributed by atoms with Crippen molar-refractivity contribution < 1.29 is 9.53 Å². The normalized spacial score (nSPS) is 18.3. The molecule has 76 valence electrons. The first-order chi connectivity index (χ1) is 6.86. The Morgan fingerprint density at radius 2 is 2.36 bits per heavy atom. The van der Waals surface area contributed by atoms with E-state index in [-0.39, 0.29) is 5.78 Å². The highest BCUT2D eigenvalue weighted by molar-refractivity contribution is 5.94. The number of aromatic amines is 1. The van der Waals surface area contributed by atoms with Gasteiger partial charge in [-0.1, -0.05) is 0 Å². The summed E-state index contributed by atoms with van der Waals surface area (Å²) in [5.74, 6) is 0.647. The zero-order valence-corrected chi connectivity index (χ0v) is 8.03. The van der Waals surface area contributed by atoms with Crippen molar-refractivity contribution in [1.82, 2.24) is 9.97 Å². The Morgan fingerprint density at radius 1 is 1.57 bits per heavy atom. The Hall–Kier alpha value is -1.16. The molecule has 1 aliphatic heterocycles. The number of ether oxygens (including phenoxy) is 1. The van der Waals surface area contributed by atoms with Gasteiger partial charge in [-0.05, 0) is 18.8 Å². The molecular weight excluding hydrogens is 180 g/mol. The Morgan fingerprint density at radius 3 is 3.00 bits per heavy atom. The number of nitrogens with one attached hydrogen (secondary N) is 1. The number of imidazole rings is 1. The van der Waals surface area contributed by atoms with E-state index in [1.807, 2.05) is 0 Å². The van der Waals surface area contributed by atoms with Gasteiger partial charge in [0.15, 0.2) is 5.78 Å². The summed E-state index contributed by atoms with van der Waals surface area (Å²) in [6, 6.07) is 0. The van der Waals surface area contributed by atoms with Gasteiger partial charge in [0.05, 0.1) is 12.5 Å². The quantitative estimate of drug-likeness (QED) is 0.740. The summed E-state index contributed by atoms with van der Waals surface area (Å²) >= 11 is 0. The maximum atomic E-state index is 11.7. The number of hydrogen-bond donors (Lipinski definition) is 1. The molecule has 0 radical (unpaired) electrons. The Balaban J connectivity index is 1.87. The third-order valence-corrected chi connectivity index (χ3v) is 2.61. The lowest BCUT2D eigenvalue weighted by Crippen LogP contribution is -2.18. The maximum Gasteiger partial charge on any atom is 0.180 e. The number of ketones is 1. The van der Waals surface area contributed by atoms with Crippen LogP contribution in [0.4, 0.5) is 0 Å². The molecule has 1 aliphatic rings. The van der Waals surface area contributed by atoms with E-state index >= 15 is 0 Å². The van der Waals surface area contributed by atoms with Crippen LogP contribution in [0.5, 0.6) is 0 Å². The van der Waals surface area contributed by atoms with Crippen LogP contribution < -0.4 is 0 Å². The molecule has 1 aromatic heterocycles. The minimum Gasteiger partial charge on any atom is -0.381 e. The second-order valence-corrected chi connectivity index (χ2v) is 3.65. The number of H-pyrrole nitrogens is 1. The van der Waals surface area contributed by atoms with Gasteiger partial charge in [-0.15, -0.1) is 0 Å². The van der Waals surface area contributed by atoms with Crippen LogP contribution in [0.3, 0.4) is 0 Å². The van der Waals surface area contributed by atoms with Crippen molar-refractivity contribution in [1.29, 1.82) is 0 Å². The van der Waals surface area contributed by atoms with Gasteiger partial charge >= 0.3 is 0 Å². The smallest absolute Gasteiger partial charge is 0.180 e. The summed E-state index contributed by atoms with van der Waals surface area (Å²) in [5.41, 5.74) is 0.622. The standard InChI is InChI=1S/C10H14N2O2/c13-10(9-6-11-7-12-9)5-8-1-3-14-4-2-8/h6-8H,1-5H2,(H,11,12). The largest absolute Gasteiger partial charge is 0.381 e. The molecule has 0 aliphatic carbocycles. The first-order valence-electron chi connectivity index (χ1n) is 4.95. The molecule has 0 bridgehead atoms. The summed E-state index contributed by atoms with van der Waals surface area (Å²) < 4.78 is 5.24. The first kappa shape index (κ1) is 9.40. The van der Waals surface area contributed by atoms with Crippen molar-refractivity contribution in [2.75, 3.05) is 13.2 Å². The molecule has 1 N–H and O–H groups in total. The van der Waals surface area contributed by atoms with Crippen LogP contribution in [-0.4, -0.2) is 29.0 Å². The van der Waals surface area contributed by atoms with Gasteiger partial charge < -0.3 is 9.72 Å². The number of carbonyl (C=O) groups excluding carboxylic acids is 1. The lowest BCUT2D eigenvalue weighted by Gasteiger charge is -2.20. The van der Waals surface area contributed by atoms with Gasteiger partial charge in [0.1, 0.15) is 5.69 Å². The average Bonchev–Trinajstić information content (AvgIpc) is 2.72. The Bertz CT molecular complexity index is 289. The fourth-order valence-electron chi connectivity index (χ4n) is 1.73. The molecule has 0 spiro atoms. The van der Waals surface area contributed by atoms with Crippen LogP contribution in [0.25, 0.3) is 0 Å². The molecule has 0 saturated carbocycles. The molecule has 1 aromatic rings. The Labute approximate surface area is 82.7 Å². The zero-order valence-electron chi connectivity index (χ0n) is 8.03. The van der Waals surface area contributed by atoms with Crippen LogP contribution in [0.1, 0.15) is 29.8 Å². The van der Waals surface area contributed by atoms with E-state index < -0.39 is 0 Å². The third-order valence-electron chi connectivity index (χ3n) is 2.61. The van der Waals surface area contributed by atoms with Crippen molar-refractivity contribution in [3.05, 3.63) is 18.2 Å². The van der Waals surface area contributed by atoms with Crippen molar-refractivity contribution in [3.8, 4) is 0 Å². The van der Waals surface area contributed by atoms with Gasteiger partial charge in [-0.25, -0.2) is 4.98 Å². The fraction of sp³-hybridized carbons (Fsp3) is 0.600. The minimum atomic E-state index is 0.161. The molecule has 14 heavy (non-hydrogen) atoms. The van der Waals surface area contributed by atoms with Crippen molar-refractivity contribution in [2.45, 2.75) is 19.3 Å². The lowest BCUT2D eigenvalue weighted by molar-refractivity contribution is 0.0599. The number of Topliss-reactive ketones (excluding diaryl/α,β-unsaturated/α-hetero) is 1. The molecular formula is C10H14N2O2. The number of aromatic nitrogens is 2. The van der Waals surface area contributed by atoms with Crippen LogP contribution in [0, 0.1) is 5.92 Å². The monoisotopic (exact) mass is 194 g/mol. The lowest BCUT2D eigenvalue weighted by atomic mass is 9.94. The molecule has 0 aromatic carbocycles. The topological polar surface area (TPSA) is 55.0 Å². The number of hydrogen-bond acceptors (Lipinski definition) is 3. The third kappa shape index (κ3) is 2.20. The highest BCUT2D eigenvalue weighted by Gasteiger charge is 2.18. The van der Waals surface area contributed by atoms with Crippen LogP contribution >= 0.6 is 0 Å². The second kappa shape index (κ2) is 4.37. The van der Waals surface area contributed by atoms with Crippen LogP contribution in [-0.2, 0) is 4.74 Å². The van der Waals surface area contributed by atoms with E-state index in [1.165, 1.54) is 6.33 Å². The van der Waals surface area contributed by atoms with E-state index in [4.69, 9.17) is 4.74 Å². The van der Waals surface area contributed by atoms with E-state index in [9.17, 15) is 4.79 Å². The highest BCUT2D eigenvalue weighted by Crippen LogP contribution is 2.19. The molecule has 4 heteroatoms. The van der Waals surface area contributed by atoms with E-state index in [2.05, 4.69) is 9.97 Å². The molecule has 2 heterocycles. The minimum absolute atomic E-state index is 0.161. The number of nitrogens with zero attached hydrogens (tertiary/aromatic N) is 1. The van der Waals surface area contributed by atoms with Crippen molar-refractivity contribution in [3.63, 3.8) is 0 Å². The summed E-state index contributed by atoms with van der Waals surface area (Å²) in [6.45, 7) is 1.59. The molecule has 4 nitrogen and oxygen atoms in total. The van der Waals surface area contributed by atoms with Gasteiger partial charge in [0, 0.05) is 19.6 Å². The van der Waals surface area contributed by atoms with Gasteiger partial charge in [-0.3, -0.25) is 4.79 Å². The maximum absolute atomic E-state index is 11.7. The van der Waals surface area contributed by atoms with Crippen LogP contribution in [0.15, 0.2) is 12.5 Å². The summed E-state index contributed by atoms with van der Waals surface area (Å²) in [7, 11) is 0. The molecule has 0 atom stereocenters. The van der Waals surface area contributed by atoms with E-state index in [1.54, 1.807) is 6.20 Å². The van der Waals surface area contributed by atoms with Gasteiger partial charge in [0.25, 0.3) is 0 Å². The van der Waals surface area contributed by atoms with E-state index in [0.29, 0.717) is 18.0 Å². The highest BCUT2D eigenvalue weighted by atomic mass is 16.5. The predicted octanol–water partition coefficient (Wildman–Crippen LogP) is 1.41. The fourth-order valence-corrected chi connectivity index (χ4v) is 1.73. The molecule has 2 rings (SSSR count). The SMILES string of the molecule is O=C(CC1CCOCC1)c1cnc[nH]1. The first-order valence-corrected chi connectivity index (χ1v) is 4.95. The second-order valence-electron chi connectivity index (χ2n) is 3.65. The van der Waals surface area contributed by atoms with Crippen LogP contribution in [0.2, 0.25) is 0 Å². The average molecular weight is 194 g/mol. The molecule has 1 saturated heterocycles. The number of carbonyl (C=O) groups is 1.